The van der Waals surface area contributed by atoms with Crippen molar-refractivity contribution in [3.8, 4) is 11.5 Å². The van der Waals surface area contributed by atoms with E-state index < -0.39 is 0 Å². The van der Waals surface area contributed by atoms with Crippen LogP contribution in [-0.4, -0.2) is 38.4 Å². The molecular weight excluding hydrogens is 410 g/mol. The molecule has 3 rings (SSSR count). The Morgan fingerprint density at radius 3 is 2.93 bits per heavy atom. The van der Waals surface area contributed by atoms with Gasteiger partial charge in [0, 0.05) is 24.2 Å². The van der Waals surface area contributed by atoms with Crippen LogP contribution in [0.4, 0.5) is 0 Å². The Labute approximate surface area is 168 Å². The van der Waals surface area contributed by atoms with Crippen LogP contribution in [0.1, 0.15) is 29.6 Å². The topological polar surface area (TPSA) is 56.8 Å². The Kier molecular flexibility index (Phi) is 7.68. The largest absolute Gasteiger partial charge is 0.456 e. The first-order valence-electron chi connectivity index (χ1n) is 9.22. The van der Waals surface area contributed by atoms with Gasteiger partial charge in [-0.25, -0.2) is 0 Å². The molecule has 0 spiro atoms. The molecule has 0 aromatic heterocycles. The van der Waals surface area contributed by atoms with Crippen molar-refractivity contribution in [2.45, 2.75) is 25.4 Å². The lowest BCUT2D eigenvalue weighted by Gasteiger charge is -2.12. The van der Waals surface area contributed by atoms with Crippen LogP contribution >= 0.6 is 15.9 Å². The van der Waals surface area contributed by atoms with E-state index >= 15 is 0 Å². The van der Waals surface area contributed by atoms with Crippen molar-refractivity contribution >= 4 is 21.8 Å². The van der Waals surface area contributed by atoms with Gasteiger partial charge >= 0.3 is 0 Å². The van der Waals surface area contributed by atoms with Gasteiger partial charge in [-0.2, -0.15) is 0 Å². The van der Waals surface area contributed by atoms with Crippen LogP contribution in [-0.2, 0) is 9.47 Å². The van der Waals surface area contributed by atoms with Crippen LogP contribution in [0.5, 0.6) is 11.5 Å². The summed E-state index contributed by atoms with van der Waals surface area (Å²) in [6, 6.07) is 14.8. The molecule has 144 valence electrons. The van der Waals surface area contributed by atoms with Crippen molar-refractivity contribution in [3.05, 3.63) is 58.6 Å². The number of hydrogen-bond donors (Lipinski definition) is 1. The van der Waals surface area contributed by atoms with Gasteiger partial charge in [0.25, 0.3) is 5.91 Å². The summed E-state index contributed by atoms with van der Waals surface area (Å²) in [5.74, 6) is 1.05. The van der Waals surface area contributed by atoms with E-state index in [4.69, 9.17) is 14.2 Å². The molecule has 27 heavy (non-hydrogen) atoms. The molecule has 0 bridgehead atoms. The Hall–Kier alpha value is -1.89. The van der Waals surface area contributed by atoms with Gasteiger partial charge < -0.3 is 19.5 Å². The lowest BCUT2D eigenvalue weighted by Crippen LogP contribution is -2.26. The highest BCUT2D eigenvalue weighted by Crippen LogP contribution is 2.27. The fourth-order valence-corrected chi connectivity index (χ4v) is 3.24. The molecule has 2 aromatic rings. The summed E-state index contributed by atoms with van der Waals surface area (Å²) in [7, 11) is 0. The molecule has 0 radical (unpaired) electrons. The number of hydrogen-bond acceptors (Lipinski definition) is 4. The van der Waals surface area contributed by atoms with Crippen molar-refractivity contribution < 1.29 is 19.0 Å². The zero-order valence-corrected chi connectivity index (χ0v) is 16.7. The number of para-hydroxylation sites is 1. The standard InChI is InChI=1S/C21H24BrNO4/c22-16-6-3-7-17(14-16)27-20-10-2-1-9-19(20)21(24)23-11-5-12-25-15-18-8-4-13-26-18/h1-3,6-7,9-10,14,18H,4-5,8,11-13,15H2,(H,23,24). The molecule has 1 unspecified atom stereocenters. The lowest BCUT2D eigenvalue weighted by molar-refractivity contribution is 0.0166. The van der Waals surface area contributed by atoms with E-state index in [0.717, 1.165) is 30.3 Å². The van der Waals surface area contributed by atoms with Gasteiger partial charge in [0.15, 0.2) is 0 Å². The third-order valence-corrected chi connectivity index (χ3v) is 4.73. The van der Waals surface area contributed by atoms with E-state index in [2.05, 4.69) is 21.2 Å². The molecule has 6 heteroatoms. The molecule has 1 aliphatic heterocycles. The molecule has 1 atom stereocenters. The summed E-state index contributed by atoms with van der Waals surface area (Å²) >= 11 is 3.42. The Morgan fingerprint density at radius 1 is 1.22 bits per heavy atom. The average molecular weight is 434 g/mol. The molecule has 1 amide bonds. The smallest absolute Gasteiger partial charge is 0.255 e. The van der Waals surface area contributed by atoms with Crippen LogP contribution in [0.15, 0.2) is 53.0 Å². The Balaban J connectivity index is 1.45. The van der Waals surface area contributed by atoms with Crippen molar-refractivity contribution in [1.82, 2.24) is 5.32 Å². The number of benzene rings is 2. The SMILES string of the molecule is O=C(NCCCOCC1CCCO1)c1ccccc1Oc1cccc(Br)c1. The number of carbonyl (C=O) groups is 1. The molecule has 0 aliphatic carbocycles. The highest BCUT2D eigenvalue weighted by atomic mass is 79.9. The van der Waals surface area contributed by atoms with Crippen LogP contribution < -0.4 is 10.1 Å². The number of halogens is 1. The van der Waals surface area contributed by atoms with Crippen molar-refractivity contribution in [2.24, 2.45) is 0 Å². The quantitative estimate of drug-likeness (QED) is 0.588. The zero-order valence-electron chi connectivity index (χ0n) is 15.2. The first kappa shape index (κ1) is 19.9. The van der Waals surface area contributed by atoms with E-state index in [1.54, 1.807) is 12.1 Å². The van der Waals surface area contributed by atoms with E-state index in [1.807, 2.05) is 36.4 Å². The van der Waals surface area contributed by atoms with Crippen LogP contribution in [0, 0.1) is 0 Å². The molecule has 0 saturated carbocycles. The Morgan fingerprint density at radius 2 is 2.11 bits per heavy atom. The first-order valence-corrected chi connectivity index (χ1v) is 10.0. The molecule has 1 aliphatic rings. The first-order chi connectivity index (χ1) is 13.2. The minimum atomic E-state index is -0.153. The van der Waals surface area contributed by atoms with Gasteiger partial charge in [0.05, 0.1) is 18.3 Å². The number of rotatable bonds is 9. The predicted molar refractivity (Wildman–Crippen MR) is 107 cm³/mol. The second-order valence-corrected chi connectivity index (χ2v) is 7.29. The maximum Gasteiger partial charge on any atom is 0.255 e. The normalized spacial score (nSPS) is 16.3. The van der Waals surface area contributed by atoms with Gasteiger partial charge in [-0.05, 0) is 49.6 Å². The van der Waals surface area contributed by atoms with Crippen LogP contribution in [0.25, 0.3) is 0 Å². The third-order valence-electron chi connectivity index (χ3n) is 4.23. The van der Waals surface area contributed by atoms with E-state index in [-0.39, 0.29) is 12.0 Å². The third kappa shape index (κ3) is 6.34. The van der Waals surface area contributed by atoms with Gasteiger partial charge in [-0.1, -0.05) is 34.1 Å². The van der Waals surface area contributed by atoms with Crippen molar-refractivity contribution in [2.75, 3.05) is 26.4 Å². The van der Waals surface area contributed by atoms with Crippen LogP contribution in [0.3, 0.4) is 0 Å². The lowest BCUT2D eigenvalue weighted by atomic mass is 10.2. The second-order valence-electron chi connectivity index (χ2n) is 6.37. The van der Waals surface area contributed by atoms with E-state index in [1.165, 1.54) is 0 Å². The second kappa shape index (κ2) is 10.4. The van der Waals surface area contributed by atoms with Gasteiger partial charge in [-0.15, -0.1) is 0 Å². The van der Waals surface area contributed by atoms with Gasteiger partial charge in [-0.3, -0.25) is 4.79 Å². The highest BCUT2D eigenvalue weighted by molar-refractivity contribution is 9.10. The predicted octanol–water partition coefficient (Wildman–Crippen LogP) is 4.56. The van der Waals surface area contributed by atoms with Crippen molar-refractivity contribution in [3.63, 3.8) is 0 Å². The summed E-state index contributed by atoms with van der Waals surface area (Å²) in [4.78, 5) is 12.5. The maximum atomic E-state index is 12.5. The van der Waals surface area contributed by atoms with Crippen molar-refractivity contribution in [1.29, 1.82) is 0 Å². The summed E-state index contributed by atoms with van der Waals surface area (Å²) in [5.41, 5.74) is 0.512. The molecular formula is C21H24BrNO4. The summed E-state index contributed by atoms with van der Waals surface area (Å²) in [6.45, 7) is 2.63. The van der Waals surface area contributed by atoms with E-state index in [0.29, 0.717) is 36.8 Å². The molecule has 5 nitrogen and oxygen atoms in total. The molecule has 2 aromatic carbocycles. The maximum absolute atomic E-state index is 12.5. The summed E-state index contributed by atoms with van der Waals surface area (Å²) < 4.78 is 17.9. The summed E-state index contributed by atoms with van der Waals surface area (Å²) in [6.07, 6.45) is 3.19. The van der Waals surface area contributed by atoms with Gasteiger partial charge in [0.1, 0.15) is 11.5 Å². The minimum Gasteiger partial charge on any atom is -0.456 e. The zero-order chi connectivity index (χ0) is 18.9. The highest BCUT2D eigenvalue weighted by Gasteiger charge is 2.15. The minimum absolute atomic E-state index is 0.153. The Bertz CT molecular complexity index is 746. The monoisotopic (exact) mass is 433 g/mol. The van der Waals surface area contributed by atoms with Gasteiger partial charge in [0.2, 0.25) is 0 Å². The number of nitrogens with one attached hydrogen (secondary N) is 1. The molecule has 1 N–H and O–H groups in total. The fraction of sp³-hybridized carbons (Fsp3) is 0.381. The molecule has 1 fully saturated rings. The average Bonchev–Trinajstić information content (AvgIpc) is 3.18. The number of ether oxygens (including phenoxy) is 3. The molecule has 1 heterocycles. The number of amides is 1. The summed E-state index contributed by atoms with van der Waals surface area (Å²) in [5, 5.41) is 2.93. The van der Waals surface area contributed by atoms with Crippen LogP contribution in [0.2, 0.25) is 0 Å². The molecule has 1 saturated heterocycles. The van der Waals surface area contributed by atoms with E-state index in [9.17, 15) is 4.79 Å². The fourth-order valence-electron chi connectivity index (χ4n) is 2.86. The number of carbonyl (C=O) groups excluding carboxylic acids is 1.